The van der Waals surface area contributed by atoms with Crippen LogP contribution in [0, 0.1) is 5.41 Å². The van der Waals surface area contributed by atoms with Gasteiger partial charge in [-0.05, 0) is 38.0 Å². The summed E-state index contributed by atoms with van der Waals surface area (Å²) >= 11 is 0. The van der Waals surface area contributed by atoms with E-state index in [1.165, 1.54) is 4.90 Å². The molecule has 1 heterocycles. The number of nitrogens with zero attached hydrogens (tertiary/aromatic N) is 1. The van der Waals surface area contributed by atoms with E-state index < -0.39 is 17.1 Å². The van der Waals surface area contributed by atoms with Crippen molar-refractivity contribution in [3.05, 3.63) is 29.3 Å². The Morgan fingerprint density at radius 2 is 2.00 bits per heavy atom. The molecular weight excluding hydrogens is 270 g/mol. The molecule has 0 spiro atoms. The van der Waals surface area contributed by atoms with Gasteiger partial charge >= 0.3 is 0 Å². The van der Waals surface area contributed by atoms with Gasteiger partial charge in [-0.25, -0.2) is 5.84 Å². The standard InChI is InChI=1S/C15H19N3O3/c1-4-9-5-6-11-10(7-9)12(19)13(20)18(11)8-15(2,3)14(21)17-16/h5-7H,4,8,16H2,1-3H3,(H,17,21). The third kappa shape index (κ3) is 2.54. The fourth-order valence-corrected chi connectivity index (χ4v) is 2.39. The van der Waals surface area contributed by atoms with E-state index in [1.807, 2.05) is 13.0 Å². The number of benzene rings is 1. The van der Waals surface area contributed by atoms with Gasteiger partial charge in [0.05, 0.1) is 16.7 Å². The number of hydrazine groups is 1. The van der Waals surface area contributed by atoms with E-state index in [4.69, 9.17) is 5.84 Å². The second-order valence-electron chi connectivity index (χ2n) is 5.78. The second kappa shape index (κ2) is 5.29. The van der Waals surface area contributed by atoms with Crippen LogP contribution in [0.5, 0.6) is 0 Å². The van der Waals surface area contributed by atoms with Gasteiger partial charge in [-0.1, -0.05) is 13.0 Å². The molecule has 0 bridgehead atoms. The summed E-state index contributed by atoms with van der Waals surface area (Å²) in [7, 11) is 0. The molecule has 0 atom stereocenters. The summed E-state index contributed by atoms with van der Waals surface area (Å²) in [5, 5.41) is 0. The minimum absolute atomic E-state index is 0.0963. The van der Waals surface area contributed by atoms with Crippen molar-refractivity contribution in [1.82, 2.24) is 5.43 Å². The van der Waals surface area contributed by atoms with Crippen LogP contribution in [0.4, 0.5) is 5.69 Å². The van der Waals surface area contributed by atoms with E-state index in [9.17, 15) is 14.4 Å². The van der Waals surface area contributed by atoms with Gasteiger partial charge in [0, 0.05) is 6.54 Å². The number of Topliss-reactive ketones (excluding diaryl/α,β-unsaturated/α-hetero) is 1. The highest BCUT2D eigenvalue weighted by atomic mass is 16.2. The summed E-state index contributed by atoms with van der Waals surface area (Å²) in [6.45, 7) is 5.42. The van der Waals surface area contributed by atoms with Crippen molar-refractivity contribution in [2.45, 2.75) is 27.2 Å². The third-order valence-electron chi connectivity index (χ3n) is 3.74. The lowest BCUT2D eigenvalue weighted by Gasteiger charge is -2.28. The minimum atomic E-state index is -0.893. The maximum absolute atomic E-state index is 12.2. The van der Waals surface area contributed by atoms with Crippen LogP contribution < -0.4 is 16.2 Å². The smallest absolute Gasteiger partial charge is 0.299 e. The van der Waals surface area contributed by atoms with Gasteiger partial charge in [-0.2, -0.15) is 0 Å². The molecule has 0 saturated carbocycles. The third-order valence-corrected chi connectivity index (χ3v) is 3.74. The van der Waals surface area contributed by atoms with E-state index in [1.54, 1.807) is 26.0 Å². The first-order valence-corrected chi connectivity index (χ1v) is 6.82. The summed E-state index contributed by atoms with van der Waals surface area (Å²) < 4.78 is 0. The monoisotopic (exact) mass is 289 g/mol. The van der Waals surface area contributed by atoms with Gasteiger partial charge in [0.15, 0.2) is 0 Å². The number of carbonyl (C=O) groups is 3. The quantitative estimate of drug-likeness (QED) is 0.371. The number of hydrogen-bond acceptors (Lipinski definition) is 4. The molecule has 6 heteroatoms. The molecule has 2 amide bonds. The maximum Gasteiger partial charge on any atom is 0.299 e. The van der Waals surface area contributed by atoms with E-state index >= 15 is 0 Å². The molecule has 0 unspecified atom stereocenters. The predicted molar refractivity (Wildman–Crippen MR) is 78.6 cm³/mol. The summed E-state index contributed by atoms with van der Waals surface area (Å²) in [4.78, 5) is 37.4. The first-order chi connectivity index (χ1) is 9.81. The molecule has 1 aromatic carbocycles. The maximum atomic E-state index is 12.2. The summed E-state index contributed by atoms with van der Waals surface area (Å²) in [6, 6.07) is 5.38. The number of fused-ring (bicyclic) bond motifs is 1. The molecule has 2 rings (SSSR count). The Morgan fingerprint density at radius 3 is 2.57 bits per heavy atom. The lowest BCUT2D eigenvalue weighted by Crippen LogP contribution is -2.48. The molecule has 1 aromatic rings. The van der Waals surface area contributed by atoms with Crippen molar-refractivity contribution in [3.8, 4) is 0 Å². The number of nitrogens with one attached hydrogen (secondary N) is 1. The van der Waals surface area contributed by atoms with E-state index in [-0.39, 0.29) is 12.5 Å². The predicted octanol–water partition coefficient (Wildman–Crippen LogP) is 0.794. The highest BCUT2D eigenvalue weighted by Gasteiger charge is 2.40. The Kier molecular flexibility index (Phi) is 3.82. The Balaban J connectivity index is 2.38. The van der Waals surface area contributed by atoms with Crippen molar-refractivity contribution in [3.63, 3.8) is 0 Å². The highest BCUT2D eigenvalue weighted by molar-refractivity contribution is 6.52. The van der Waals surface area contributed by atoms with Crippen molar-refractivity contribution >= 4 is 23.3 Å². The molecule has 112 valence electrons. The van der Waals surface area contributed by atoms with Gasteiger partial charge in [0.25, 0.3) is 11.7 Å². The molecule has 1 aliphatic rings. The second-order valence-corrected chi connectivity index (χ2v) is 5.78. The lowest BCUT2D eigenvalue weighted by molar-refractivity contribution is -0.129. The van der Waals surface area contributed by atoms with Crippen LogP contribution in [0.1, 0.15) is 36.7 Å². The number of rotatable bonds is 4. The zero-order valence-electron chi connectivity index (χ0n) is 12.4. The number of ketones is 1. The summed E-state index contributed by atoms with van der Waals surface area (Å²) in [5.41, 5.74) is 3.15. The number of hydrogen-bond donors (Lipinski definition) is 2. The largest absolute Gasteiger partial charge is 0.304 e. The van der Waals surface area contributed by atoms with Crippen molar-refractivity contribution < 1.29 is 14.4 Å². The Labute approximate surface area is 123 Å². The number of anilines is 1. The van der Waals surface area contributed by atoms with Crippen molar-refractivity contribution in [1.29, 1.82) is 0 Å². The van der Waals surface area contributed by atoms with Crippen LogP contribution >= 0.6 is 0 Å². The zero-order valence-corrected chi connectivity index (χ0v) is 12.4. The number of carbonyl (C=O) groups excluding carboxylic acids is 3. The van der Waals surface area contributed by atoms with E-state index in [2.05, 4.69) is 5.43 Å². The first-order valence-electron chi connectivity index (χ1n) is 6.82. The molecule has 1 aliphatic heterocycles. The minimum Gasteiger partial charge on any atom is -0.304 e. The van der Waals surface area contributed by atoms with Crippen LogP contribution in [-0.4, -0.2) is 24.1 Å². The number of aryl methyl sites for hydroxylation is 1. The summed E-state index contributed by atoms with van der Waals surface area (Å²) in [5.74, 6) is 3.64. The Morgan fingerprint density at radius 1 is 1.33 bits per heavy atom. The Bertz CT molecular complexity index is 623. The van der Waals surface area contributed by atoms with E-state index in [0.717, 1.165) is 12.0 Å². The lowest BCUT2D eigenvalue weighted by atomic mass is 9.91. The fourth-order valence-electron chi connectivity index (χ4n) is 2.39. The summed E-state index contributed by atoms with van der Waals surface area (Å²) in [6.07, 6.45) is 0.788. The van der Waals surface area contributed by atoms with Gasteiger partial charge in [0.1, 0.15) is 0 Å². The SMILES string of the molecule is CCc1ccc2c(c1)C(=O)C(=O)N2CC(C)(C)C(=O)NN. The normalized spacial score (nSPS) is 14.4. The van der Waals surface area contributed by atoms with Crippen LogP contribution in [0.25, 0.3) is 0 Å². The average molecular weight is 289 g/mol. The molecule has 6 nitrogen and oxygen atoms in total. The first kappa shape index (κ1) is 15.2. The topological polar surface area (TPSA) is 92.5 Å². The molecule has 0 radical (unpaired) electrons. The number of amides is 2. The molecular formula is C15H19N3O3. The van der Waals surface area contributed by atoms with Gasteiger partial charge in [-0.3, -0.25) is 19.8 Å². The molecule has 3 N–H and O–H groups in total. The molecule has 21 heavy (non-hydrogen) atoms. The zero-order chi connectivity index (χ0) is 15.8. The van der Waals surface area contributed by atoms with Crippen LogP contribution in [-0.2, 0) is 16.0 Å². The van der Waals surface area contributed by atoms with Gasteiger partial charge in [0.2, 0.25) is 5.91 Å². The van der Waals surface area contributed by atoms with Crippen molar-refractivity contribution in [2.75, 3.05) is 11.4 Å². The molecule has 0 aliphatic carbocycles. The number of nitrogens with two attached hydrogens (primary N) is 1. The highest BCUT2D eigenvalue weighted by Crippen LogP contribution is 2.32. The van der Waals surface area contributed by atoms with Crippen LogP contribution in [0.3, 0.4) is 0 Å². The van der Waals surface area contributed by atoms with Gasteiger partial charge in [-0.15, -0.1) is 0 Å². The van der Waals surface area contributed by atoms with Crippen LogP contribution in [0.2, 0.25) is 0 Å². The molecule has 0 fully saturated rings. The fraction of sp³-hybridized carbons (Fsp3) is 0.400. The molecule has 0 aromatic heterocycles. The average Bonchev–Trinajstić information content (AvgIpc) is 2.70. The van der Waals surface area contributed by atoms with Gasteiger partial charge < -0.3 is 4.90 Å². The van der Waals surface area contributed by atoms with E-state index in [0.29, 0.717) is 11.3 Å². The molecule has 0 saturated heterocycles. The Hall–Kier alpha value is -2.21. The van der Waals surface area contributed by atoms with Crippen molar-refractivity contribution in [2.24, 2.45) is 11.3 Å². The van der Waals surface area contributed by atoms with Crippen LogP contribution in [0.15, 0.2) is 18.2 Å².